The van der Waals surface area contributed by atoms with E-state index in [4.69, 9.17) is 9.47 Å². The zero-order valence-electron chi connectivity index (χ0n) is 15.0. The fourth-order valence-electron chi connectivity index (χ4n) is 3.47. The highest BCUT2D eigenvalue weighted by Gasteiger charge is 2.49. The van der Waals surface area contributed by atoms with Crippen LogP contribution in [-0.2, 0) is 9.47 Å². The maximum absolute atomic E-state index is 10.6. The van der Waals surface area contributed by atoms with Crippen molar-refractivity contribution in [3.05, 3.63) is 11.6 Å². The molecule has 5 heteroatoms. The maximum atomic E-state index is 10.6. The number of rotatable bonds is 7. The Hall–Kier alpha value is -0.460. The van der Waals surface area contributed by atoms with Crippen LogP contribution >= 0.6 is 0 Å². The average molecular weight is 327 g/mol. The molecule has 0 aromatic rings. The van der Waals surface area contributed by atoms with E-state index in [1.165, 1.54) is 0 Å². The van der Waals surface area contributed by atoms with Crippen LogP contribution in [0.15, 0.2) is 11.6 Å². The number of aliphatic hydroxyl groups is 2. The topological polar surface area (TPSA) is 62.2 Å². The molecule has 5 nitrogen and oxygen atoms in total. The van der Waals surface area contributed by atoms with E-state index in [1.807, 2.05) is 19.9 Å². The van der Waals surface area contributed by atoms with Gasteiger partial charge >= 0.3 is 0 Å². The van der Waals surface area contributed by atoms with Gasteiger partial charge in [0.2, 0.25) is 0 Å². The lowest BCUT2D eigenvalue weighted by Crippen LogP contribution is -2.47. The summed E-state index contributed by atoms with van der Waals surface area (Å²) in [5.41, 5.74) is 0.774. The van der Waals surface area contributed by atoms with E-state index in [9.17, 15) is 10.2 Å². The van der Waals surface area contributed by atoms with Crippen LogP contribution in [0.3, 0.4) is 0 Å². The summed E-state index contributed by atoms with van der Waals surface area (Å²) in [6.45, 7) is 11.8. The van der Waals surface area contributed by atoms with Crippen LogP contribution in [0.4, 0.5) is 0 Å². The van der Waals surface area contributed by atoms with E-state index in [0.29, 0.717) is 13.0 Å². The van der Waals surface area contributed by atoms with Crippen LogP contribution in [0.2, 0.25) is 0 Å². The van der Waals surface area contributed by atoms with E-state index in [1.54, 1.807) is 0 Å². The Morgan fingerprint density at radius 2 is 2.13 bits per heavy atom. The molecule has 1 spiro atoms. The van der Waals surface area contributed by atoms with Gasteiger partial charge in [0.05, 0.1) is 19.3 Å². The van der Waals surface area contributed by atoms with Crippen LogP contribution in [0.1, 0.15) is 47.0 Å². The molecule has 1 aliphatic heterocycles. The first-order valence-electron chi connectivity index (χ1n) is 8.91. The lowest BCUT2D eigenvalue weighted by Gasteiger charge is -2.39. The molecule has 0 aromatic heterocycles. The van der Waals surface area contributed by atoms with E-state index in [-0.39, 0.29) is 18.1 Å². The Labute approximate surface area is 140 Å². The Bertz CT molecular complexity index is 423. The van der Waals surface area contributed by atoms with Crippen molar-refractivity contribution in [1.29, 1.82) is 0 Å². The molecule has 1 fully saturated rings. The van der Waals surface area contributed by atoms with E-state index < -0.39 is 11.9 Å². The molecule has 2 N–H and O–H groups in total. The minimum absolute atomic E-state index is 0.0111. The molecule has 0 aromatic carbocycles. The van der Waals surface area contributed by atoms with Gasteiger partial charge in [-0.25, -0.2) is 0 Å². The molecule has 0 bridgehead atoms. The number of hydrogen-bond acceptors (Lipinski definition) is 5. The van der Waals surface area contributed by atoms with Crippen LogP contribution in [0.5, 0.6) is 0 Å². The second-order valence-corrected chi connectivity index (χ2v) is 7.43. The van der Waals surface area contributed by atoms with Gasteiger partial charge in [0.1, 0.15) is 6.10 Å². The van der Waals surface area contributed by atoms with E-state index in [2.05, 4.69) is 18.7 Å². The normalized spacial score (nSPS) is 31.9. The predicted molar refractivity (Wildman–Crippen MR) is 90.2 cm³/mol. The number of nitrogens with zero attached hydrogens (tertiary/aromatic N) is 1. The highest BCUT2D eigenvalue weighted by Crippen LogP contribution is 2.42. The predicted octanol–water partition coefficient (Wildman–Crippen LogP) is 1.93. The summed E-state index contributed by atoms with van der Waals surface area (Å²) in [6, 6.07) is 0. The molecule has 1 saturated heterocycles. The van der Waals surface area contributed by atoms with Gasteiger partial charge in [0.25, 0.3) is 0 Å². The fourth-order valence-corrected chi connectivity index (χ4v) is 3.47. The maximum Gasteiger partial charge on any atom is 0.198 e. The Morgan fingerprint density at radius 1 is 1.39 bits per heavy atom. The van der Waals surface area contributed by atoms with Crippen LogP contribution in [0.25, 0.3) is 0 Å². The van der Waals surface area contributed by atoms with Crippen molar-refractivity contribution < 1.29 is 19.7 Å². The Balaban J connectivity index is 2.00. The summed E-state index contributed by atoms with van der Waals surface area (Å²) in [7, 11) is 0. The number of ether oxygens (including phenoxy) is 2. The summed E-state index contributed by atoms with van der Waals surface area (Å²) >= 11 is 0. The van der Waals surface area contributed by atoms with Gasteiger partial charge in [-0.05, 0) is 25.9 Å². The number of aliphatic hydroxyl groups excluding tert-OH is 2. The van der Waals surface area contributed by atoms with Gasteiger partial charge in [0.15, 0.2) is 5.79 Å². The molecule has 134 valence electrons. The summed E-state index contributed by atoms with van der Waals surface area (Å²) in [5.74, 6) is -0.897. The van der Waals surface area contributed by atoms with Gasteiger partial charge in [-0.1, -0.05) is 39.3 Å². The Kier molecular flexibility index (Phi) is 6.25. The second kappa shape index (κ2) is 7.62. The summed E-state index contributed by atoms with van der Waals surface area (Å²) < 4.78 is 12.1. The molecule has 3 atom stereocenters. The van der Waals surface area contributed by atoms with Gasteiger partial charge in [0, 0.05) is 18.4 Å². The molecule has 23 heavy (non-hydrogen) atoms. The first kappa shape index (κ1) is 18.9. The summed E-state index contributed by atoms with van der Waals surface area (Å²) in [5, 5.41) is 20.1. The van der Waals surface area contributed by atoms with Crippen molar-refractivity contribution in [3.8, 4) is 0 Å². The van der Waals surface area contributed by atoms with Crippen molar-refractivity contribution in [2.45, 2.75) is 65.0 Å². The molecule has 0 radical (unpaired) electrons. The first-order chi connectivity index (χ1) is 10.9. The smallest absolute Gasteiger partial charge is 0.198 e. The third-order valence-corrected chi connectivity index (χ3v) is 5.15. The summed E-state index contributed by atoms with van der Waals surface area (Å²) in [6.07, 6.45) is 3.60. The quantitative estimate of drug-likeness (QED) is 0.700. The highest BCUT2D eigenvalue weighted by atomic mass is 16.8. The first-order valence-corrected chi connectivity index (χ1v) is 8.91. The third-order valence-electron chi connectivity index (χ3n) is 5.15. The van der Waals surface area contributed by atoms with Gasteiger partial charge in [-0.15, -0.1) is 0 Å². The molecule has 0 saturated carbocycles. The second-order valence-electron chi connectivity index (χ2n) is 7.43. The largest absolute Gasteiger partial charge is 0.395 e. The van der Waals surface area contributed by atoms with E-state index >= 15 is 0 Å². The van der Waals surface area contributed by atoms with Crippen molar-refractivity contribution in [2.24, 2.45) is 5.41 Å². The number of hydrogen-bond donors (Lipinski definition) is 2. The lowest BCUT2D eigenvalue weighted by molar-refractivity contribution is -0.223. The highest BCUT2D eigenvalue weighted by molar-refractivity contribution is 5.20. The third kappa shape index (κ3) is 4.15. The molecule has 0 amide bonds. The zero-order chi connectivity index (χ0) is 17.1. The molecule has 1 aliphatic carbocycles. The number of likely N-dealkylation sites (N-methyl/N-ethyl adjacent to an activating group) is 1. The Morgan fingerprint density at radius 3 is 2.70 bits per heavy atom. The fraction of sp³-hybridized carbons (Fsp3) is 0.889. The van der Waals surface area contributed by atoms with Gasteiger partial charge < -0.3 is 24.6 Å². The molecule has 3 unspecified atom stereocenters. The van der Waals surface area contributed by atoms with Crippen LogP contribution in [0, 0.1) is 5.41 Å². The van der Waals surface area contributed by atoms with Crippen molar-refractivity contribution >= 4 is 0 Å². The average Bonchev–Trinajstić information content (AvgIpc) is 2.93. The zero-order valence-corrected chi connectivity index (χ0v) is 15.0. The van der Waals surface area contributed by atoms with E-state index in [0.717, 1.165) is 38.0 Å². The van der Waals surface area contributed by atoms with Gasteiger partial charge in [-0.3, -0.25) is 0 Å². The minimum Gasteiger partial charge on any atom is -0.395 e. The van der Waals surface area contributed by atoms with Crippen molar-refractivity contribution in [2.75, 3.05) is 32.8 Å². The molecular weight excluding hydrogens is 294 g/mol. The molecular formula is C18H33NO4. The van der Waals surface area contributed by atoms with Crippen molar-refractivity contribution in [1.82, 2.24) is 4.90 Å². The lowest BCUT2D eigenvalue weighted by atomic mass is 9.77. The van der Waals surface area contributed by atoms with Gasteiger partial charge in [-0.2, -0.15) is 0 Å². The molecule has 1 heterocycles. The molecule has 2 aliphatic rings. The monoisotopic (exact) mass is 327 g/mol. The standard InChI is InChI=1S/C18H33NO4/c1-5-9-19(6-2)11-15-12-22-18(23-15)8-7-14(10-16(18)21)17(3,4)13-20/h10,15-16,20-21H,5-9,11-13H2,1-4H3. The van der Waals surface area contributed by atoms with Crippen LogP contribution < -0.4 is 0 Å². The minimum atomic E-state index is -0.897. The van der Waals surface area contributed by atoms with Crippen LogP contribution in [-0.4, -0.2) is 66.0 Å². The summed E-state index contributed by atoms with van der Waals surface area (Å²) in [4.78, 5) is 2.36. The SMILES string of the molecule is CCCN(CC)CC1COC2(CCC(C(C)(C)CO)=CC2O)O1. The molecule has 2 rings (SSSR count). The van der Waals surface area contributed by atoms with Crippen molar-refractivity contribution in [3.63, 3.8) is 0 Å².